The summed E-state index contributed by atoms with van der Waals surface area (Å²) in [6.07, 6.45) is 2.22. The molecule has 3 N–H and O–H groups in total. The average molecular weight is 372 g/mol. The van der Waals surface area contributed by atoms with Crippen molar-refractivity contribution in [3.05, 3.63) is 71.7 Å². The Balaban J connectivity index is 1.36. The lowest BCUT2D eigenvalue weighted by molar-refractivity contribution is -0.115. The molecule has 3 aromatic heterocycles. The molecule has 0 bridgehead atoms. The Morgan fingerprint density at radius 1 is 1.07 bits per heavy atom. The minimum Gasteiger partial charge on any atom is -0.361 e. The van der Waals surface area contributed by atoms with Gasteiger partial charge in [-0.15, -0.1) is 11.3 Å². The van der Waals surface area contributed by atoms with Gasteiger partial charge in [0.15, 0.2) is 0 Å². The van der Waals surface area contributed by atoms with Gasteiger partial charge in [-0.05, 0) is 41.3 Å². The van der Waals surface area contributed by atoms with E-state index in [1.807, 2.05) is 66.2 Å². The van der Waals surface area contributed by atoms with Crippen LogP contribution in [0, 0.1) is 0 Å². The topological polar surface area (TPSA) is 73.6 Å². The molecule has 1 amide bonds. The van der Waals surface area contributed by atoms with Crippen molar-refractivity contribution in [2.24, 2.45) is 0 Å². The van der Waals surface area contributed by atoms with Gasteiger partial charge in [0.1, 0.15) is 5.82 Å². The zero-order valence-electron chi connectivity index (χ0n) is 14.3. The molecule has 0 saturated carbocycles. The highest BCUT2D eigenvalue weighted by molar-refractivity contribution is 7.13. The van der Waals surface area contributed by atoms with Crippen LogP contribution < -0.4 is 5.32 Å². The lowest BCUT2D eigenvalue weighted by atomic mass is 10.1. The summed E-state index contributed by atoms with van der Waals surface area (Å²) in [4.78, 5) is 24.7. The van der Waals surface area contributed by atoms with Crippen molar-refractivity contribution in [1.82, 2.24) is 15.0 Å². The number of benzene rings is 2. The van der Waals surface area contributed by atoms with Gasteiger partial charge in [-0.3, -0.25) is 4.79 Å². The van der Waals surface area contributed by atoms with Crippen LogP contribution in [-0.4, -0.2) is 20.9 Å². The highest BCUT2D eigenvalue weighted by Gasteiger charge is 2.11. The number of para-hydroxylation sites is 1. The quantitative estimate of drug-likeness (QED) is 0.417. The van der Waals surface area contributed by atoms with Crippen LogP contribution in [0.1, 0.15) is 5.56 Å². The van der Waals surface area contributed by atoms with E-state index in [1.54, 1.807) is 11.3 Å². The number of carbonyl (C=O) groups is 1. The number of nitrogens with zero attached hydrogens (tertiary/aromatic N) is 1. The van der Waals surface area contributed by atoms with Crippen molar-refractivity contribution in [2.45, 2.75) is 6.42 Å². The van der Waals surface area contributed by atoms with Crippen LogP contribution in [0.15, 0.2) is 66.2 Å². The molecule has 5 rings (SSSR count). The summed E-state index contributed by atoms with van der Waals surface area (Å²) < 4.78 is 0. The Kier molecular flexibility index (Phi) is 3.76. The summed E-state index contributed by atoms with van der Waals surface area (Å²) in [6, 6.07) is 17.8. The van der Waals surface area contributed by atoms with Gasteiger partial charge in [0.05, 0.1) is 22.3 Å². The van der Waals surface area contributed by atoms with E-state index >= 15 is 0 Å². The number of aromatic amines is 2. The first-order valence-corrected chi connectivity index (χ1v) is 9.53. The first-order chi connectivity index (χ1) is 13.3. The van der Waals surface area contributed by atoms with E-state index in [-0.39, 0.29) is 5.91 Å². The van der Waals surface area contributed by atoms with E-state index in [0.717, 1.165) is 43.9 Å². The molecule has 0 unspecified atom stereocenters. The highest BCUT2D eigenvalue weighted by atomic mass is 32.1. The van der Waals surface area contributed by atoms with Crippen molar-refractivity contribution >= 4 is 44.9 Å². The van der Waals surface area contributed by atoms with Crippen LogP contribution in [0.25, 0.3) is 32.6 Å². The van der Waals surface area contributed by atoms with Crippen LogP contribution in [0.5, 0.6) is 0 Å². The fourth-order valence-corrected chi connectivity index (χ4v) is 3.94. The molecule has 5 nitrogen and oxygen atoms in total. The predicted molar refractivity (Wildman–Crippen MR) is 110 cm³/mol. The number of amides is 1. The molecule has 6 heteroatoms. The molecule has 0 fully saturated rings. The number of thiophene rings is 1. The fourth-order valence-electron chi connectivity index (χ4n) is 3.27. The Hall–Kier alpha value is -3.38. The summed E-state index contributed by atoms with van der Waals surface area (Å²) in [5.41, 5.74) is 4.58. The maximum absolute atomic E-state index is 12.5. The molecule has 0 aliphatic carbocycles. The van der Waals surface area contributed by atoms with Crippen LogP contribution in [0.3, 0.4) is 0 Å². The highest BCUT2D eigenvalue weighted by Crippen LogP contribution is 2.26. The van der Waals surface area contributed by atoms with Crippen LogP contribution in [0.2, 0.25) is 0 Å². The third-order valence-corrected chi connectivity index (χ3v) is 5.42. The van der Waals surface area contributed by atoms with E-state index < -0.39 is 0 Å². The van der Waals surface area contributed by atoms with E-state index in [4.69, 9.17) is 0 Å². The number of carbonyl (C=O) groups excluding carboxylic acids is 1. The Bertz CT molecular complexity index is 1250. The predicted octanol–water partition coefficient (Wildman–Crippen LogP) is 4.95. The van der Waals surface area contributed by atoms with E-state index in [0.29, 0.717) is 6.42 Å². The monoisotopic (exact) mass is 372 g/mol. The summed E-state index contributed by atoms with van der Waals surface area (Å²) in [5, 5.41) is 6.09. The third-order valence-electron chi connectivity index (χ3n) is 4.55. The van der Waals surface area contributed by atoms with Gasteiger partial charge in [0.25, 0.3) is 0 Å². The molecule has 0 aliphatic heterocycles. The number of nitrogens with one attached hydrogen (secondary N) is 3. The molecule has 0 spiro atoms. The largest absolute Gasteiger partial charge is 0.361 e. The third kappa shape index (κ3) is 3.00. The smallest absolute Gasteiger partial charge is 0.228 e. The minimum absolute atomic E-state index is 0.0444. The van der Waals surface area contributed by atoms with Gasteiger partial charge in [0, 0.05) is 22.8 Å². The van der Waals surface area contributed by atoms with Crippen LogP contribution in [-0.2, 0) is 11.2 Å². The zero-order chi connectivity index (χ0) is 18.2. The number of H-pyrrole nitrogens is 2. The molecular weight excluding hydrogens is 356 g/mol. The Morgan fingerprint density at radius 2 is 2.00 bits per heavy atom. The number of aromatic nitrogens is 3. The first kappa shape index (κ1) is 15.8. The Morgan fingerprint density at radius 3 is 2.89 bits per heavy atom. The minimum atomic E-state index is -0.0444. The van der Waals surface area contributed by atoms with Gasteiger partial charge in [-0.25, -0.2) is 4.98 Å². The van der Waals surface area contributed by atoms with Gasteiger partial charge in [-0.1, -0.05) is 24.3 Å². The molecule has 0 aliphatic rings. The summed E-state index contributed by atoms with van der Waals surface area (Å²) in [6.45, 7) is 0. The second kappa shape index (κ2) is 6.41. The molecule has 132 valence electrons. The van der Waals surface area contributed by atoms with Crippen LogP contribution >= 0.6 is 11.3 Å². The number of imidazole rings is 1. The fraction of sp³-hybridized carbons (Fsp3) is 0.0476. The van der Waals surface area contributed by atoms with E-state index in [9.17, 15) is 4.79 Å². The number of hydrogen-bond acceptors (Lipinski definition) is 3. The normalized spacial score (nSPS) is 11.3. The van der Waals surface area contributed by atoms with E-state index in [2.05, 4.69) is 20.3 Å². The summed E-state index contributed by atoms with van der Waals surface area (Å²) >= 11 is 1.64. The van der Waals surface area contributed by atoms with Gasteiger partial charge < -0.3 is 15.3 Å². The molecule has 0 radical (unpaired) electrons. The van der Waals surface area contributed by atoms with Gasteiger partial charge in [0.2, 0.25) is 5.91 Å². The summed E-state index contributed by atoms with van der Waals surface area (Å²) in [7, 11) is 0. The van der Waals surface area contributed by atoms with E-state index in [1.165, 1.54) is 0 Å². The molecule has 0 saturated heterocycles. The van der Waals surface area contributed by atoms with Gasteiger partial charge >= 0.3 is 0 Å². The lowest BCUT2D eigenvalue weighted by Gasteiger charge is -2.05. The van der Waals surface area contributed by atoms with Crippen molar-refractivity contribution in [3.63, 3.8) is 0 Å². The maximum atomic E-state index is 12.5. The van der Waals surface area contributed by atoms with Crippen molar-refractivity contribution in [2.75, 3.05) is 5.32 Å². The Labute approximate surface area is 159 Å². The first-order valence-electron chi connectivity index (χ1n) is 8.65. The number of rotatable bonds is 4. The second-order valence-corrected chi connectivity index (χ2v) is 7.33. The molecule has 5 aromatic rings. The molecule has 27 heavy (non-hydrogen) atoms. The SMILES string of the molecule is O=C(Cc1c[nH]c2ccccc12)Nc1ccc2nc(-c3cccs3)[nH]c2c1. The van der Waals surface area contributed by atoms with Crippen molar-refractivity contribution in [3.8, 4) is 10.7 Å². The molecule has 3 heterocycles. The maximum Gasteiger partial charge on any atom is 0.228 e. The van der Waals surface area contributed by atoms with Gasteiger partial charge in [-0.2, -0.15) is 0 Å². The summed E-state index contributed by atoms with van der Waals surface area (Å²) in [5.74, 6) is 0.805. The molecule has 0 atom stereocenters. The standard InChI is InChI=1S/C21H16N4OS/c26-20(10-13-12-22-16-5-2-1-4-15(13)16)23-14-7-8-17-18(11-14)25-21(24-17)19-6-3-9-27-19/h1-9,11-12,22H,10H2,(H,23,26)(H,24,25). The lowest BCUT2D eigenvalue weighted by Crippen LogP contribution is -2.14. The zero-order valence-corrected chi connectivity index (χ0v) is 15.1. The second-order valence-electron chi connectivity index (χ2n) is 6.38. The molecule has 2 aromatic carbocycles. The van der Waals surface area contributed by atoms with Crippen molar-refractivity contribution < 1.29 is 4.79 Å². The number of anilines is 1. The molecular formula is C21H16N4OS. The number of fused-ring (bicyclic) bond motifs is 2. The van der Waals surface area contributed by atoms with Crippen molar-refractivity contribution in [1.29, 1.82) is 0 Å². The number of hydrogen-bond donors (Lipinski definition) is 3. The average Bonchev–Trinajstić information content (AvgIpc) is 3.41. The van der Waals surface area contributed by atoms with Crippen LogP contribution in [0.4, 0.5) is 5.69 Å².